The van der Waals surface area contributed by atoms with Crippen molar-refractivity contribution < 1.29 is 29.2 Å². The second kappa shape index (κ2) is 19.9. The normalized spacial score (nSPS) is 35.3. The molecule has 2 fully saturated rings. The molecule has 290 valence electrons. The minimum absolute atomic E-state index is 0.0231. The summed E-state index contributed by atoms with van der Waals surface area (Å²) in [6.07, 6.45) is 23.4. The Morgan fingerprint density at radius 1 is 1.10 bits per heavy atom. The van der Waals surface area contributed by atoms with Crippen LogP contribution in [0.15, 0.2) is 59.8 Å². The van der Waals surface area contributed by atoms with E-state index in [4.69, 9.17) is 14.2 Å². The predicted octanol–water partition coefficient (Wildman–Crippen LogP) is 9.22. The van der Waals surface area contributed by atoms with Crippen molar-refractivity contribution in [2.45, 2.75) is 163 Å². The fourth-order valence-corrected chi connectivity index (χ4v) is 8.20. The van der Waals surface area contributed by atoms with Crippen LogP contribution in [0.4, 0.5) is 0 Å². The number of amides is 1. The van der Waals surface area contributed by atoms with Crippen LogP contribution in [0.25, 0.3) is 0 Å². The molecule has 0 aliphatic carbocycles. The van der Waals surface area contributed by atoms with Crippen molar-refractivity contribution in [2.75, 3.05) is 7.11 Å². The first kappa shape index (κ1) is 43.4. The maximum atomic E-state index is 12.9. The van der Waals surface area contributed by atoms with E-state index in [0.717, 1.165) is 56.9 Å². The minimum atomic E-state index is -0.767. The van der Waals surface area contributed by atoms with Gasteiger partial charge in [0.05, 0.1) is 24.4 Å². The van der Waals surface area contributed by atoms with Crippen molar-refractivity contribution in [1.29, 1.82) is 0 Å². The third-order valence-corrected chi connectivity index (χ3v) is 12.6. The topological polar surface area (TPSA) is 97.3 Å². The maximum absolute atomic E-state index is 12.9. The lowest BCUT2D eigenvalue weighted by atomic mass is 9.75. The Kier molecular flexibility index (Phi) is 16.9. The molecule has 1 spiro atoms. The second-order valence-corrected chi connectivity index (χ2v) is 16.5. The molecule has 3 aliphatic heterocycles. The first-order valence-electron chi connectivity index (χ1n) is 20.1. The molecular weight excluding hydrogens is 638 g/mol. The Bertz CT molecular complexity index is 1250. The first-order valence-corrected chi connectivity index (χ1v) is 20.1. The Labute approximate surface area is 311 Å². The molecule has 7 heteroatoms. The van der Waals surface area contributed by atoms with Gasteiger partial charge in [-0.25, -0.2) is 0 Å². The second-order valence-electron chi connectivity index (χ2n) is 16.5. The number of aliphatic hydroxyl groups is 2. The van der Waals surface area contributed by atoms with E-state index in [0.29, 0.717) is 18.3 Å². The third kappa shape index (κ3) is 11.5. The molecule has 0 aromatic carbocycles. The molecular formula is C44H73NO6. The quantitative estimate of drug-likeness (QED) is 0.103. The van der Waals surface area contributed by atoms with Crippen LogP contribution in [-0.4, -0.2) is 59.2 Å². The first-order chi connectivity index (χ1) is 24.1. The van der Waals surface area contributed by atoms with E-state index in [1.54, 1.807) is 7.11 Å². The summed E-state index contributed by atoms with van der Waals surface area (Å²) in [6, 6.07) is 0. The van der Waals surface area contributed by atoms with E-state index in [9.17, 15) is 15.0 Å². The van der Waals surface area contributed by atoms with Gasteiger partial charge in [-0.1, -0.05) is 109 Å². The molecule has 1 amide bonds. The van der Waals surface area contributed by atoms with Crippen LogP contribution in [0.3, 0.4) is 0 Å². The van der Waals surface area contributed by atoms with Gasteiger partial charge >= 0.3 is 0 Å². The number of rotatable bonds is 17. The van der Waals surface area contributed by atoms with E-state index in [-0.39, 0.29) is 47.7 Å². The Hall–Kier alpha value is -2.03. The molecule has 0 aromatic heterocycles. The number of methoxy groups -OCH3 is 1. The molecule has 3 aliphatic rings. The van der Waals surface area contributed by atoms with Gasteiger partial charge in [0.25, 0.3) is 0 Å². The Morgan fingerprint density at radius 2 is 1.82 bits per heavy atom. The van der Waals surface area contributed by atoms with Crippen LogP contribution >= 0.6 is 0 Å². The van der Waals surface area contributed by atoms with Gasteiger partial charge in [-0.05, 0) is 82.6 Å². The van der Waals surface area contributed by atoms with Gasteiger partial charge in [-0.3, -0.25) is 4.79 Å². The summed E-state index contributed by atoms with van der Waals surface area (Å²) in [5.41, 5.74) is 1.63. The van der Waals surface area contributed by atoms with Crippen molar-refractivity contribution in [1.82, 2.24) is 5.32 Å². The highest BCUT2D eigenvalue weighted by Gasteiger charge is 2.50. The van der Waals surface area contributed by atoms with Crippen LogP contribution in [0.2, 0.25) is 0 Å². The zero-order chi connectivity index (χ0) is 37.9. The van der Waals surface area contributed by atoms with Crippen LogP contribution in [-0.2, 0) is 19.0 Å². The van der Waals surface area contributed by atoms with Gasteiger partial charge in [0, 0.05) is 43.6 Å². The predicted molar refractivity (Wildman–Crippen MR) is 209 cm³/mol. The molecule has 0 radical (unpaired) electrons. The zero-order valence-electron chi connectivity index (χ0n) is 33.9. The summed E-state index contributed by atoms with van der Waals surface area (Å²) in [4.78, 5) is 12.9. The lowest BCUT2D eigenvalue weighted by Crippen LogP contribution is -2.64. The fraction of sp³-hybridized carbons (Fsp3) is 0.750. The van der Waals surface area contributed by atoms with Gasteiger partial charge in [-0.15, -0.1) is 0 Å². The van der Waals surface area contributed by atoms with E-state index in [2.05, 4.69) is 98.0 Å². The summed E-state index contributed by atoms with van der Waals surface area (Å²) >= 11 is 0. The van der Waals surface area contributed by atoms with E-state index in [1.807, 2.05) is 25.2 Å². The van der Waals surface area contributed by atoms with E-state index < -0.39 is 23.7 Å². The highest BCUT2D eigenvalue weighted by Crippen LogP contribution is 2.43. The van der Waals surface area contributed by atoms with Gasteiger partial charge in [0.1, 0.15) is 0 Å². The summed E-state index contributed by atoms with van der Waals surface area (Å²) in [6.45, 7) is 21.2. The molecule has 3 rings (SSSR count). The van der Waals surface area contributed by atoms with Gasteiger partial charge in [0.2, 0.25) is 5.91 Å². The smallest absolute Gasteiger partial charge is 0.225 e. The Balaban J connectivity index is 1.42. The van der Waals surface area contributed by atoms with Crippen molar-refractivity contribution in [3.8, 4) is 0 Å². The molecule has 2 saturated heterocycles. The molecule has 0 saturated carbocycles. The van der Waals surface area contributed by atoms with Crippen LogP contribution in [0, 0.1) is 41.4 Å². The number of carbonyl (C=O) groups is 1. The lowest BCUT2D eigenvalue weighted by molar-refractivity contribution is -0.283. The summed E-state index contributed by atoms with van der Waals surface area (Å²) in [7, 11) is 1.70. The lowest BCUT2D eigenvalue weighted by Gasteiger charge is -2.51. The number of allylic oxidation sites excluding steroid dienone is 7. The Morgan fingerprint density at radius 3 is 2.49 bits per heavy atom. The van der Waals surface area contributed by atoms with Crippen LogP contribution in [0.1, 0.15) is 127 Å². The molecule has 3 N–H and O–H groups in total. The molecule has 0 bridgehead atoms. The molecule has 51 heavy (non-hydrogen) atoms. The van der Waals surface area contributed by atoms with Crippen molar-refractivity contribution in [2.24, 2.45) is 41.4 Å². The number of nitrogens with one attached hydrogen (secondary N) is 1. The summed E-state index contributed by atoms with van der Waals surface area (Å²) in [5, 5.41) is 25.3. The van der Waals surface area contributed by atoms with Crippen LogP contribution in [0.5, 0.6) is 0 Å². The zero-order valence-corrected chi connectivity index (χ0v) is 33.9. The highest BCUT2D eigenvalue weighted by molar-refractivity contribution is 5.81. The van der Waals surface area contributed by atoms with Gasteiger partial charge < -0.3 is 29.7 Å². The minimum Gasteiger partial charge on any atom is -0.393 e. The number of piperidine rings is 1. The average Bonchev–Trinajstić information content (AvgIpc) is 3.10. The number of hydrogen-bond donors (Lipinski definition) is 3. The SMILES string of the molecule is CC[C@H]1C[C@H](C)[C@@]2(NC1=O)O[C@@H](C[C@H](O)[C@@H](C)CC/C=C/C=C(\C)[C@@H](C)C/C=C/C=C/[C@H](O)[C@H](C)[C@H]1O[C@](C)(OC)CC[C@H]1CC)[C@H](C)C=C2C. The van der Waals surface area contributed by atoms with Crippen LogP contribution < -0.4 is 5.32 Å². The largest absolute Gasteiger partial charge is 0.393 e. The fourth-order valence-electron chi connectivity index (χ4n) is 8.20. The maximum Gasteiger partial charge on any atom is 0.225 e. The highest BCUT2D eigenvalue weighted by atomic mass is 16.7. The molecule has 0 unspecified atom stereocenters. The monoisotopic (exact) mass is 712 g/mol. The third-order valence-electron chi connectivity index (χ3n) is 12.6. The summed E-state index contributed by atoms with van der Waals surface area (Å²) < 4.78 is 18.7. The molecule has 3 heterocycles. The van der Waals surface area contributed by atoms with E-state index >= 15 is 0 Å². The number of ether oxygens (including phenoxy) is 3. The van der Waals surface area contributed by atoms with Gasteiger partial charge in [-0.2, -0.15) is 0 Å². The van der Waals surface area contributed by atoms with Gasteiger partial charge in [0.15, 0.2) is 11.5 Å². The molecule has 13 atom stereocenters. The molecule has 0 aromatic rings. The van der Waals surface area contributed by atoms with Crippen molar-refractivity contribution in [3.05, 3.63) is 59.8 Å². The standard InChI is InChI=1S/C44H73NO6/c1-12-36-24-25-43(10,49-11)51-41(36)35(9)38(46)23-19-15-17-21-30(4)29(3)20-16-14-18-22-31(5)39(47)28-40-32(6)26-33(7)44(50-40)34(8)27-37(13-2)42(48)45-44/h14-17,19-20,23,26,30-32,34-41,46-47H,12-13,18,21-22,24-25,27-28H2,1-11H3,(H,45,48)/b16-14+,17-15+,23-19+,29-20+/t30-,31-,32+,34-,35-,36+,37-,38-,39-,40-,41+,43-,44-/m0/s1. The van der Waals surface area contributed by atoms with Crippen molar-refractivity contribution in [3.63, 3.8) is 0 Å². The summed E-state index contributed by atoms with van der Waals surface area (Å²) in [5.74, 6) is 0.818. The van der Waals surface area contributed by atoms with E-state index in [1.165, 1.54) is 5.57 Å². The number of hydrogen-bond acceptors (Lipinski definition) is 6. The molecule has 7 nitrogen and oxygen atoms in total. The average molecular weight is 712 g/mol. The number of carbonyl (C=O) groups excluding carboxylic acids is 1. The van der Waals surface area contributed by atoms with Crippen molar-refractivity contribution >= 4 is 5.91 Å². The number of aliphatic hydroxyl groups excluding tert-OH is 2.